The second-order valence-electron chi connectivity index (χ2n) is 4.09. The first-order valence-corrected chi connectivity index (χ1v) is 7.18. The van der Waals surface area contributed by atoms with Gasteiger partial charge in [-0.25, -0.2) is 4.98 Å². The molecular weight excluding hydrogens is 330 g/mol. The van der Waals surface area contributed by atoms with Crippen LogP contribution >= 0.6 is 27.3 Å². The standard InChI is InChI=1S/C11H10BrN5OS/c1-5-6(2-3-19-5)4-17-8-7(14-10(17)12)9(18)16-11(13)15-8/h2-3H,4H2,1H3,(H3,13,15,16,18). The highest BCUT2D eigenvalue weighted by molar-refractivity contribution is 9.10. The highest BCUT2D eigenvalue weighted by Gasteiger charge is 2.15. The van der Waals surface area contributed by atoms with E-state index in [0.717, 1.165) is 0 Å². The SMILES string of the molecule is Cc1sccc1Cn1c(Br)nc2c(=O)[nH]c(N)nc21. The maximum Gasteiger partial charge on any atom is 0.280 e. The van der Waals surface area contributed by atoms with E-state index in [1.807, 2.05) is 9.95 Å². The number of nitrogens with zero attached hydrogens (tertiary/aromatic N) is 3. The van der Waals surface area contributed by atoms with Crippen LogP contribution in [0.3, 0.4) is 0 Å². The molecule has 0 bridgehead atoms. The molecule has 0 aliphatic heterocycles. The van der Waals surface area contributed by atoms with Crippen molar-refractivity contribution in [2.75, 3.05) is 5.73 Å². The van der Waals surface area contributed by atoms with Gasteiger partial charge >= 0.3 is 0 Å². The van der Waals surface area contributed by atoms with Crippen LogP contribution in [-0.4, -0.2) is 19.5 Å². The number of imidazole rings is 1. The average molecular weight is 340 g/mol. The van der Waals surface area contributed by atoms with Crippen LogP contribution in [0.4, 0.5) is 5.95 Å². The van der Waals surface area contributed by atoms with Gasteiger partial charge in [-0.3, -0.25) is 14.3 Å². The number of nitrogens with two attached hydrogens (primary N) is 1. The summed E-state index contributed by atoms with van der Waals surface area (Å²) < 4.78 is 2.40. The molecule has 0 atom stereocenters. The molecule has 0 aromatic carbocycles. The molecule has 0 aliphatic carbocycles. The van der Waals surface area contributed by atoms with Crippen molar-refractivity contribution >= 4 is 44.4 Å². The Bertz CT molecular complexity index is 818. The van der Waals surface area contributed by atoms with Gasteiger partial charge in [0.05, 0.1) is 6.54 Å². The van der Waals surface area contributed by atoms with Gasteiger partial charge in [-0.1, -0.05) is 0 Å². The lowest BCUT2D eigenvalue weighted by atomic mass is 10.3. The van der Waals surface area contributed by atoms with Crippen LogP contribution < -0.4 is 11.3 Å². The van der Waals surface area contributed by atoms with Gasteiger partial charge < -0.3 is 5.73 Å². The van der Waals surface area contributed by atoms with Gasteiger partial charge in [0.25, 0.3) is 5.56 Å². The van der Waals surface area contributed by atoms with Crippen LogP contribution in [0.5, 0.6) is 0 Å². The number of halogens is 1. The molecule has 0 radical (unpaired) electrons. The van der Waals surface area contributed by atoms with Crippen molar-refractivity contribution in [3.05, 3.63) is 37.0 Å². The monoisotopic (exact) mass is 339 g/mol. The van der Waals surface area contributed by atoms with Crippen LogP contribution in [-0.2, 0) is 6.54 Å². The fourth-order valence-corrected chi connectivity index (χ4v) is 3.08. The first-order chi connectivity index (χ1) is 9.06. The van der Waals surface area contributed by atoms with Gasteiger partial charge in [-0.2, -0.15) is 4.98 Å². The molecular formula is C11H10BrN5OS. The van der Waals surface area contributed by atoms with E-state index in [9.17, 15) is 4.79 Å². The lowest BCUT2D eigenvalue weighted by Gasteiger charge is -2.05. The highest BCUT2D eigenvalue weighted by atomic mass is 79.9. The molecule has 0 saturated carbocycles. The molecule has 0 fully saturated rings. The van der Waals surface area contributed by atoms with Gasteiger partial charge in [0.2, 0.25) is 5.95 Å². The number of thiophene rings is 1. The number of aromatic amines is 1. The maximum atomic E-state index is 11.8. The van der Waals surface area contributed by atoms with Crippen LogP contribution in [0.2, 0.25) is 0 Å². The van der Waals surface area contributed by atoms with Crippen molar-refractivity contribution in [3.63, 3.8) is 0 Å². The van der Waals surface area contributed by atoms with Crippen molar-refractivity contribution in [1.82, 2.24) is 19.5 Å². The molecule has 19 heavy (non-hydrogen) atoms. The van der Waals surface area contributed by atoms with Crippen LogP contribution in [0.1, 0.15) is 10.4 Å². The molecule has 0 spiro atoms. The largest absolute Gasteiger partial charge is 0.369 e. The fourth-order valence-electron chi connectivity index (χ4n) is 1.89. The second-order valence-corrected chi connectivity index (χ2v) is 5.92. The zero-order valence-corrected chi connectivity index (χ0v) is 12.4. The van der Waals surface area contributed by atoms with Gasteiger partial charge in [-0.05, 0) is 39.9 Å². The molecule has 0 aliphatic rings. The number of aromatic nitrogens is 4. The van der Waals surface area contributed by atoms with Crippen molar-refractivity contribution in [2.24, 2.45) is 0 Å². The Morgan fingerprint density at radius 2 is 2.32 bits per heavy atom. The summed E-state index contributed by atoms with van der Waals surface area (Å²) in [5, 5.41) is 2.03. The molecule has 3 aromatic heterocycles. The second kappa shape index (κ2) is 4.46. The maximum absolute atomic E-state index is 11.8. The zero-order chi connectivity index (χ0) is 13.6. The van der Waals surface area contributed by atoms with Gasteiger partial charge in [0.1, 0.15) is 0 Å². The molecule has 6 nitrogen and oxygen atoms in total. The van der Waals surface area contributed by atoms with Crippen LogP contribution in [0, 0.1) is 6.92 Å². The van der Waals surface area contributed by atoms with E-state index in [0.29, 0.717) is 16.9 Å². The Morgan fingerprint density at radius 3 is 3.00 bits per heavy atom. The molecule has 3 N–H and O–H groups in total. The summed E-state index contributed by atoms with van der Waals surface area (Å²) >= 11 is 5.04. The molecule has 3 rings (SSSR count). The fraction of sp³-hybridized carbons (Fsp3) is 0.182. The quantitative estimate of drug-likeness (QED) is 0.697. The summed E-state index contributed by atoms with van der Waals surface area (Å²) in [6.07, 6.45) is 0. The summed E-state index contributed by atoms with van der Waals surface area (Å²) in [4.78, 5) is 23.8. The van der Waals surface area contributed by atoms with Gasteiger partial charge in [0, 0.05) is 4.88 Å². The number of H-pyrrole nitrogens is 1. The molecule has 3 heterocycles. The van der Waals surface area contributed by atoms with Crippen molar-refractivity contribution in [1.29, 1.82) is 0 Å². The lowest BCUT2D eigenvalue weighted by molar-refractivity contribution is 0.790. The number of hydrogen-bond acceptors (Lipinski definition) is 5. The minimum Gasteiger partial charge on any atom is -0.369 e. The summed E-state index contributed by atoms with van der Waals surface area (Å²) in [6.45, 7) is 2.66. The number of nitrogens with one attached hydrogen (secondary N) is 1. The van der Waals surface area contributed by atoms with Crippen LogP contribution in [0.25, 0.3) is 11.2 Å². The number of aryl methyl sites for hydroxylation is 1. The summed E-state index contributed by atoms with van der Waals surface area (Å²) in [6, 6.07) is 2.05. The molecule has 0 amide bonds. The van der Waals surface area contributed by atoms with Crippen LogP contribution in [0.15, 0.2) is 21.0 Å². The third kappa shape index (κ3) is 2.06. The average Bonchev–Trinajstić information content (AvgIpc) is 2.87. The van der Waals surface area contributed by atoms with E-state index in [1.54, 1.807) is 11.3 Å². The predicted molar refractivity (Wildman–Crippen MR) is 78.4 cm³/mol. The Morgan fingerprint density at radius 1 is 1.53 bits per heavy atom. The number of hydrogen-bond donors (Lipinski definition) is 2. The third-order valence-electron chi connectivity index (χ3n) is 2.87. The van der Waals surface area contributed by atoms with Crippen molar-refractivity contribution in [2.45, 2.75) is 13.5 Å². The normalized spacial score (nSPS) is 11.3. The van der Waals surface area contributed by atoms with Crippen molar-refractivity contribution < 1.29 is 0 Å². The lowest BCUT2D eigenvalue weighted by Crippen LogP contribution is -2.12. The summed E-state index contributed by atoms with van der Waals surface area (Å²) in [5.74, 6) is 0.0909. The number of rotatable bonds is 2. The van der Waals surface area contributed by atoms with E-state index < -0.39 is 0 Å². The minimum atomic E-state index is -0.330. The van der Waals surface area contributed by atoms with E-state index in [1.165, 1.54) is 10.4 Å². The Hall–Kier alpha value is -1.67. The number of anilines is 1. The first-order valence-electron chi connectivity index (χ1n) is 5.51. The predicted octanol–water partition coefficient (Wildman–Crippen LogP) is 1.88. The minimum absolute atomic E-state index is 0.0909. The third-order valence-corrected chi connectivity index (χ3v) is 4.37. The molecule has 3 aromatic rings. The van der Waals surface area contributed by atoms with Gasteiger partial charge in [0.15, 0.2) is 15.9 Å². The smallest absolute Gasteiger partial charge is 0.280 e. The summed E-state index contributed by atoms with van der Waals surface area (Å²) in [5.41, 5.74) is 7.20. The van der Waals surface area contributed by atoms with E-state index >= 15 is 0 Å². The Kier molecular flexibility index (Phi) is 2.90. The topological polar surface area (TPSA) is 89.6 Å². The first kappa shape index (κ1) is 12.4. The molecule has 0 unspecified atom stereocenters. The number of nitrogen functional groups attached to an aromatic ring is 1. The van der Waals surface area contributed by atoms with E-state index in [-0.39, 0.29) is 17.0 Å². The van der Waals surface area contributed by atoms with Gasteiger partial charge in [-0.15, -0.1) is 11.3 Å². The Balaban J connectivity index is 2.21. The van der Waals surface area contributed by atoms with E-state index in [2.05, 4.69) is 43.9 Å². The van der Waals surface area contributed by atoms with E-state index in [4.69, 9.17) is 5.73 Å². The number of fused-ring (bicyclic) bond motifs is 1. The molecule has 98 valence electrons. The highest BCUT2D eigenvalue weighted by Crippen LogP contribution is 2.22. The Labute approximate surface area is 120 Å². The molecule has 0 saturated heterocycles. The zero-order valence-electron chi connectivity index (χ0n) is 9.98. The summed E-state index contributed by atoms with van der Waals surface area (Å²) in [7, 11) is 0. The van der Waals surface area contributed by atoms with Crippen molar-refractivity contribution in [3.8, 4) is 0 Å². The molecule has 8 heteroatoms.